The van der Waals surface area contributed by atoms with E-state index in [0.29, 0.717) is 5.92 Å². The zero-order valence-corrected chi connectivity index (χ0v) is 16.9. The van der Waals surface area contributed by atoms with Crippen LogP contribution in [0.1, 0.15) is 108 Å². The quantitative estimate of drug-likeness (QED) is 0.438. The van der Waals surface area contributed by atoms with Crippen molar-refractivity contribution in [1.82, 2.24) is 0 Å². The summed E-state index contributed by atoms with van der Waals surface area (Å²) in [6, 6.07) is 7.30. The first kappa shape index (κ1) is 19.9. The third kappa shape index (κ3) is 6.10. The molecule has 0 unspecified atom stereocenters. The Bertz CT molecular complexity index is 507. The Balaban J connectivity index is 1.29. The number of hydrogen-bond donors (Lipinski definition) is 0. The molecule has 2 fully saturated rings. The van der Waals surface area contributed by atoms with Crippen molar-refractivity contribution in [3.05, 3.63) is 35.6 Å². The maximum absolute atomic E-state index is 13.4. The number of rotatable bonds is 8. The SMILES string of the molecule is CCCCC1CCC(CCCC2CCC(c3cccc(F)c3)CC2)CC1. The van der Waals surface area contributed by atoms with E-state index < -0.39 is 0 Å². The number of unbranched alkanes of at least 4 members (excludes halogenated alkanes) is 1. The predicted molar refractivity (Wildman–Crippen MR) is 110 cm³/mol. The monoisotopic (exact) mass is 358 g/mol. The van der Waals surface area contributed by atoms with Gasteiger partial charge in [-0.1, -0.05) is 83.3 Å². The topological polar surface area (TPSA) is 0 Å². The average Bonchev–Trinajstić information content (AvgIpc) is 2.68. The first-order valence-corrected chi connectivity index (χ1v) is 11.5. The zero-order chi connectivity index (χ0) is 18.2. The van der Waals surface area contributed by atoms with Crippen molar-refractivity contribution in [3.63, 3.8) is 0 Å². The van der Waals surface area contributed by atoms with Crippen LogP contribution >= 0.6 is 0 Å². The van der Waals surface area contributed by atoms with Crippen molar-refractivity contribution in [2.75, 3.05) is 0 Å². The fourth-order valence-corrected chi connectivity index (χ4v) is 5.54. The van der Waals surface area contributed by atoms with Gasteiger partial charge in [0.25, 0.3) is 0 Å². The van der Waals surface area contributed by atoms with E-state index in [9.17, 15) is 4.39 Å². The Labute approximate surface area is 161 Å². The van der Waals surface area contributed by atoms with Gasteiger partial charge in [0.1, 0.15) is 5.82 Å². The molecule has 1 heteroatoms. The number of benzene rings is 1. The Morgan fingerprint density at radius 1 is 0.769 bits per heavy atom. The van der Waals surface area contributed by atoms with Crippen LogP contribution in [0, 0.1) is 23.6 Å². The highest BCUT2D eigenvalue weighted by Gasteiger charge is 2.24. The van der Waals surface area contributed by atoms with Gasteiger partial charge in [-0.3, -0.25) is 0 Å². The Kier molecular flexibility index (Phi) is 8.02. The number of hydrogen-bond acceptors (Lipinski definition) is 0. The number of halogens is 1. The van der Waals surface area contributed by atoms with Crippen molar-refractivity contribution in [1.29, 1.82) is 0 Å². The minimum atomic E-state index is -0.0750. The highest BCUT2D eigenvalue weighted by Crippen LogP contribution is 2.39. The standard InChI is InChI=1S/C25H39F/c1-2-3-6-20-11-13-21(14-12-20)7-4-8-22-15-17-23(18-16-22)24-9-5-10-25(26)19-24/h5,9-10,19-23H,2-4,6-8,11-18H2,1H3. The lowest BCUT2D eigenvalue weighted by Crippen LogP contribution is -2.16. The van der Waals surface area contributed by atoms with Crippen LogP contribution in [0.3, 0.4) is 0 Å². The van der Waals surface area contributed by atoms with E-state index in [0.717, 1.165) is 17.8 Å². The lowest BCUT2D eigenvalue weighted by atomic mass is 9.75. The summed E-state index contributed by atoms with van der Waals surface area (Å²) in [6.07, 6.45) is 19.9. The van der Waals surface area contributed by atoms with Crippen LogP contribution in [0.15, 0.2) is 24.3 Å². The molecule has 0 heterocycles. The predicted octanol–water partition coefficient (Wildman–Crippen LogP) is 8.27. The lowest BCUT2D eigenvalue weighted by molar-refractivity contribution is 0.235. The molecule has 0 spiro atoms. The van der Waals surface area contributed by atoms with Crippen molar-refractivity contribution < 1.29 is 4.39 Å². The molecule has 1 aromatic rings. The van der Waals surface area contributed by atoms with Crippen LogP contribution in [0.2, 0.25) is 0 Å². The summed E-state index contributed by atoms with van der Waals surface area (Å²) in [5, 5.41) is 0. The van der Waals surface area contributed by atoms with Crippen LogP contribution in [0.5, 0.6) is 0 Å². The molecule has 0 amide bonds. The van der Waals surface area contributed by atoms with Gasteiger partial charge >= 0.3 is 0 Å². The van der Waals surface area contributed by atoms with Gasteiger partial charge in [-0.15, -0.1) is 0 Å². The van der Waals surface area contributed by atoms with E-state index in [4.69, 9.17) is 0 Å². The average molecular weight is 359 g/mol. The van der Waals surface area contributed by atoms with Crippen LogP contribution < -0.4 is 0 Å². The van der Waals surface area contributed by atoms with E-state index in [2.05, 4.69) is 13.0 Å². The van der Waals surface area contributed by atoms with Crippen LogP contribution in [-0.2, 0) is 0 Å². The van der Waals surface area contributed by atoms with Gasteiger partial charge in [0.2, 0.25) is 0 Å². The molecule has 1 aromatic carbocycles. The van der Waals surface area contributed by atoms with Crippen LogP contribution in [0.25, 0.3) is 0 Å². The molecule has 146 valence electrons. The van der Waals surface area contributed by atoms with Crippen LogP contribution in [-0.4, -0.2) is 0 Å². The smallest absolute Gasteiger partial charge is 0.123 e. The molecule has 0 aromatic heterocycles. The second kappa shape index (κ2) is 10.5. The molecule has 0 radical (unpaired) electrons. The molecule has 2 aliphatic rings. The molecule has 2 aliphatic carbocycles. The second-order valence-electron chi connectivity index (χ2n) is 9.23. The maximum Gasteiger partial charge on any atom is 0.123 e. The third-order valence-corrected chi connectivity index (χ3v) is 7.32. The second-order valence-corrected chi connectivity index (χ2v) is 9.23. The first-order chi connectivity index (χ1) is 12.7. The van der Waals surface area contributed by atoms with E-state index in [-0.39, 0.29) is 5.82 Å². The molecule has 0 saturated heterocycles. The summed E-state index contributed by atoms with van der Waals surface area (Å²) in [5.74, 6) is 3.52. The molecular weight excluding hydrogens is 319 g/mol. The van der Waals surface area contributed by atoms with Gasteiger partial charge in [-0.2, -0.15) is 0 Å². The lowest BCUT2D eigenvalue weighted by Gasteiger charge is -2.31. The molecule has 2 saturated carbocycles. The minimum absolute atomic E-state index is 0.0750. The highest BCUT2D eigenvalue weighted by molar-refractivity contribution is 5.21. The van der Waals surface area contributed by atoms with Gasteiger partial charge in [-0.25, -0.2) is 4.39 Å². The van der Waals surface area contributed by atoms with E-state index in [1.807, 2.05) is 6.07 Å². The minimum Gasteiger partial charge on any atom is -0.207 e. The van der Waals surface area contributed by atoms with E-state index in [1.54, 1.807) is 12.1 Å². The van der Waals surface area contributed by atoms with Gasteiger partial charge in [0.15, 0.2) is 0 Å². The fourth-order valence-electron chi connectivity index (χ4n) is 5.54. The summed E-state index contributed by atoms with van der Waals surface area (Å²) in [7, 11) is 0. The molecule has 0 N–H and O–H groups in total. The third-order valence-electron chi connectivity index (χ3n) is 7.32. The summed E-state index contributed by atoms with van der Waals surface area (Å²) in [5.41, 5.74) is 1.23. The fraction of sp³-hybridized carbons (Fsp3) is 0.760. The normalized spacial score (nSPS) is 29.6. The Hall–Kier alpha value is -0.850. The Morgan fingerprint density at radius 2 is 1.31 bits per heavy atom. The maximum atomic E-state index is 13.4. The van der Waals surface area contributed by atoms with Gasteiger partial charge < -0.3 is 0 Å². The van der Waals surface area contributed by atoms with Gasteiger partial charge in [0, 0.05) is 0 Å². The van der Waals surface area contributed by atoms with Crippen molar-refractivity contribution >= 4 is 0 Å². The summed E-state index contributed by atoms with van der Waals surface area (Å²) in [4.78, 5) is 0. The molecule has 0 bridgehead atoms. The van der Waals surface area contributed by atoms with Gasteiger partial charge in [0.05, 0.1) is 0 Å². The highest BCUT2D eigenvalue weighted by atomic mass is 19.1. The van der Waals surface area contributed by atoms with Gasteiger partial charge in [-0.05, 0) is 67.1 Å². The zero-order valence-electron chi connectivity index (χ0n) is 16.9. The van der Waals surface area contributed by atoms with E-state index >= 15 is 0 Å². The summed E-state index contributed by atoms with van der Waals surface area (Å²) in [6.45, 7) is 2.32. The molecule has 3 rings (SSSR count). The summed E-state index contributed by atoms with van der Waals surface area (Å²) < 4.78 is 13.4. The summed E-state index contributed by atoms with van der Waals surface area (Å²) >= 11 is 0. The molecule has 26 heavy (non-hydrogen) atoms. The van der Waals surface area contributed by atoms with E-state index in [1.165, 1.54) is 95.5 Å². The van der Waals surface area contributed by atoms with Crippen LogP contribution in [0.4, 0.5) is 4.39 Å². The molecular formula is C25H39F. The molecule has 0 nitrogen and oxygen atoms in total. The van der Waals surface area contributed by atoms with Crippen molar-refractivity contribution in [3.8, 4) is 0 Å². The van der Waals surface area contributed by atoms with Crippen molar-refractivity contribution in [2.45, 2.75) is 103 Å². The largest absolute Gasteiger partial charge is 0.207 e. The first-order valence-electron chi connectivity index (χ1n) is 11.5. The molecule has 0 aliphatic heterocycles. The molecule has 0 atom stereocenters. The Morgan fingerprint density at radius 3 is 1.85 bits per heavy atom. The van der Waals surface area contributed by atoms with Crippen molar-refractivity contribution in [2.24, 2.45) is 17.8 Å².